The van der Waals surface area contributed by atoms with Gasteiger partial charge >= 0.3 is 5.97 Å². The number of aliphatic carboxylic acids is 1. The Morgan fingerprint density at radius 3 is 2.71 bits per heavy atom. The van der Waals surface area contributed by atoms with Crippen LogP contribution in [0, 0.1) is 0 Å². The zero-order valence-corrected chi connectivity index (χ0v) is 14.0. The summed E-state index contributed by atoms with van der Waals surface area (Å²) in [5.74, 6) is -0.352. The summed E-state index contributed by atoms with van der Waals surface area (Å²) in [5.41, 5.74) is 0. The van der Waals surface area contributed by atoms with Crippen molar-refractivity contribution in [2.24, 2.45) is 0 Å². The number of carboxylic acids is 1. The standard InChI is InChI=1S/C13H17NO4S3/c1-19-7-4-9(12(16)17)14-11(15)5-8-21-13(18)10-3-2-6-20-10/h2-3,6,9H,4-5,7-8H2,1H3,(H,14,15)(H,16,17). The molecular formula is C13H17NO4S3. The van der Waals surface area contributed by atoms with Crippen molar-refractivity contribution in [2.45, 2.75) is 18.9 Å². The number of nitrogens with one attached hydrogen (secondary N) is 1. The molecule has 21 heavy (non-hydrogen) atoms. The molecule has 0 aliphatic carbocycles. The fourth-order valence-corrected chi connectivity index (χ4v) is 3.49. The summed E-state index contributed by atoms with van der Waals surface area (Å²) in [6.45, 7) is 0. The number of carboxylic acid groups (broad SMARTS) is 1. The molecule has 1 amide bonds. The molecular weight excluding hydrogens is 330 g/mol. The van der Waals surface area contributed by atoms with Gasteiger partial charge in [0.15, 0.2) is 0 Å². The van der Waals surface area contributed by atoms with E-state index in [0.29, 0.717) is 22.8 Å². The number of amides is 1. The first-order valence-electron chi connectivity index (χ1n) is 6.26. The summed E-state index contributed by atoms with van der Waals surface area (Å²) in [7, 11) is 0. The summed E-state index contributed by atoms with van der Waals surface area (Å²) in [5, 5.41) is 13.3. The van der Waals surface area contributed by atoms with Crippen LogP contribution >= 0.6 is 34.9 Å². The highest BCUT2D eigenvalue weighted by atomic mass is 32.2. The zero-order valence-electron chi connectivity index (χ0n) is 11.5. The third-order valence-electron chi connectivity index (χ3n) is 2.53. The van der Waals surface area contributed by atoms with E-state index < -0.39 is 12.0 Å². The largest absolute Gasteiger partial charge is 0.480 e. The van der Waals surface area contributed by atoms with E-state index in [-0.39, 0.29) is 17.4 Å². The second kappa shape index (κ2) is 9.86. The van der Waals surface area contributed by atoms with Crippen molar-refractivity contribution in [3.63, 3.8) is 0 Å². The van der Waals surface area contributed by atoms with E-state index in [1.807, 2.05) is 11.6 Å². The molecule has 0 aliphatic rings. The summed E-state index contributed by atoms with van der Waals surface area (Å²) >= 11 is 3.97. The van der Waals surface area contributed by atoms with Gasteiger partial charge in [0.1, 0.15) is 6.04 Å². The highest BCUT2D eigenvalue weighted by Gasteiger charge is 2.19. The minimum absolute atomic E-state index is 0.0602. The van der Waals surface area contributed by atoms with Crippen LogP contribution in [0.15, 0.2) is 17.5 Å². The van der Waals surface area contributed by atoms with Crippen LogP contribution in [0.5, 0.6) is 0 Å². The Balaban J connectivity index is 2.29. The predicted octanol–water partition coefficient (Wildman–Crippen LogP) is 2.33. The lowest BCUT2D eigenvalue weighted by Gasteiger charge is -2.13. The third kappa shape index (κ3) is 7.01. The number of rotatable bonds is 9. The van der Waals surface area contributed by atoms with Crippen molar-refractivity contribution in [1.29, 1.82) is 0 Å². The molecule has 1 heterocycles. The maximum atomic E-state index is 11.7. The Kier molecular flexibility index (Phi) is 8.48. The molecule has 0 saturated carbocycles. The van der Waals surface area contributed by atoms with Crippen molar-refractivity contribution in [2.75, 3.05) is 17.8 Å². The molecule has 5 nitrogen and oxygen atoms in total. The van der Waals surface area contributed by atoms with Crippen LogP contribution in [-0.4, -0.2) is 45.9 Å². The molecule has 1 atom stereocenters. The highest BCUT2D eigenvalue weighted by molar-refractivity contribution is 8.14. The fourth-order valence-electron chi connectivity index (χ4n) is 1.46. The second-order valence-corrected chi connectivity index (χ2v) is 7.10. The number of hydrogen-bond donors (Lipinski definition) is 2. The number of thiophene rings is 1. The van der Waals surface area contributed by atoms with E-state index in [4.69, 9.17) is 5.11 Å². The smallest absolute Gasteiger partial charge is 0.326 e. The Bertz CT molecular complexity index is 476. The highest BCUT2D eigenvalue weighted by Crippen LogP contribution is 2.17. The van der Waals surface area contributed by atoms with Crippen LogP contribution in [-0.2, 0) is 9.59 Å². The number of hydrogen-bond acceptors (Lipinski definition) is 6. The van der Waals surface area contributed by atoms with Gasteiger partial charge in [-0.25, -0.2) is 4.79 Å². The maximum Gasteiger partial charge on any atom is 0.326 e. The number of thioether (sulfide) groups is 2. The maximum absolute atomic E-state index is 11.7. The van der Waals surface area contributed by atoms with Crippen LogP contribution in [0.25, 0.3) is 0 Å². The molecule has 8 heteroatoms. The van der Waals surface area contributed by atoms with Crippen molar-refractivity contribution in [3.8, 4) is 0 Å². The normalized spacial score (nSPS) is 11.9. The molecule has 1 aromatic rings. The van der Waals surface area contributed by atoms with E-state index in [0.717, 1.165) is 11.8 Å². The minimum Gasteiger partial charge on any atom is -0.480 e. The van der Waals surface area contributed by atoms with Gasteiger partial charge in [0, 0.05) is 12.2 Å². The first kappa shape index (κ1) is 18.1. The van der Waals surface area contributed by atoms with Crippen LogP contribution in [0.3, 0.4) is 0 Å². The lowest BCUT2D eigenvalue weighted by molar-refractivity contribution is -0.141. The van der Waals surface area contributed by atoms with Crippen LogP contribution in [0.2, 0.25) is 0 Å². The number of carbonyl (C=O) groups excluding carboxylic acids is 2. The van der Waals surface area contributed by atoms with Crippen LogP contribution < -0.4 is 5.32 Å². The number of carbonyl (C=O) groups is 3. The van der Waals surface area contributed by atoms with Gasteiger partial charge < -0.3 is 10.4 Å². The van der Waals surface area contributed by atoms with Gasteiger partial charge in [0.2, 0.25) is 11.0 Å². The van der Waals surface area contributed by atoms with Crippen LogP contribution in [0.1, 0.15) is 22.5 Å². The molecule has 1 rings (SSSR count). The molecule has 1 unspecified atom stereocenters. The Hall–Kier alpha value is -0.990. The summed E-state index contributed by atoms with van der Waals surface area (Å²) in [6, 6.07) is 2.68. The lowest BCUT2D eigenvalue weighted by atomic mass is 10.2. The van der Waals surface area contributed by atoms with Crippen molar-refractivity contribution >= 4 is 51.9 Å². The second-order valence-electron chi connectivity index (χ2n) is 4.10. The Morgan fingerprint density at radius 2 is 2.14 bits per heavy atom. The van der Waals surface area contributed by atoms with Gasteiger partial charge in [-0.2, -0.15) is 11.8 Å². The van der Waals surface area contributed by atoms with E-state index in [1.54, 1.807) is 12.1 Å². The van der Waals surface area contributed by atoms with Crippen molar-refractivity contribution in [1.82, 2.24) is 5.32 Å². The Labute approximate surface area is 135 Å². The van der Waals surface area contributed by atoms with E-state index in [2.05, 4.69) is 5.32 Å². The molecule has 0 fully saturated rings. The van der Waals surface area contributed by atoms with E-state index in [1.165, 1.54) is 23.1 Å². The average Bonchev–Trinajstić information content (AvgIpc) is 2.97. The average molecular weight is 347 g/mol. The van der Waals surface area contributed by atoms with Gasteiger partial charge in [-0.15, -0.1) is 11.3 Å². The molecule has 116 valence electrons. The van der Waals surface area contributed by atoms with Gasteiger partial charge in [0.25, 0.3) is 0 Å². The zero-order chi connectivity index (χ0) is 15.7. The van der Waals surface area contributed by atoms with Gasteiger partial charge in [-0.1, -0.05) is 17.8 Å². The molecule has 2 N–H and O–H groups in total. The third-order valence-corrected chi connectivity index (χ3v) is 5.06. The SMILES string of the molecule is CSCCC(NC(=O)CCSC(=O)c1cccs1)C(=O)O. The molecule has 0 radical (unpaired) electrons. The Morgan fingerprint density at radius 1 is 1.38 bits per heavy atom. The molecule has 0 saturated heterocycles. The van der Waals surface area contributed by atoms with Crippen molar-refractivity contribution < 1.29 is 19.5 Å². The monoisotopic (exact) mass is 347 g/mol. The van der Waals surface area contributed by atoms with Gasteiger partial charge in [-0.05, 0) is 29.9 Å². The molecule has 0 bridgehead atoms. The van der Waals surface area contributed by atoms with E-state index >= 15 is 0 Å². The van der Waals surface area contributed by atoms with Gasteiger partial charge in [0.05, 0.1) is 4.88 Å². The minimum atomic E-state index is -1.03. The fraction of sp³-hybridized carbons (Fsp3) is 0.462. The lowest BCUT2D eigenvalue weighted by Crippen LogP contribution is -2.41. The molecule has 1 aromatic heterocycles. The molecule has 0 aromatic carbocycles. The van der Waals surface area contributed by atoms with E-state index in [9.17, 15) is 14.4 Å². The molecule has 0 spiro atoms. The summed E-state index contributed by atoms with van der Waals surface area (Å²) < 4.78 is 0. The quantitative estimate of drug-likeness (QED) is 0.713. The van der Waals surface area contributed by atoms with Gasteiger partial charge in [-0.3, -0.25) is 9.59 Å². The topological polar surface area (TPSA) is 83.5 Å². The van der Waals surface area contributed by atoms with Crippen molar-refractivity contribution in [3.05, 3.63) is 22.4 Å². The summed E-state index contributed by atoms with van der Waals surface area (Å²) in [4.78, 5) is 35.0. The van der Waals surface area contributed by atoms with Crippen LogP contribution in [0.4, 0.5) is 0 Å². The molecule has 0 aliphatic heterocycles. The summed E-state index contributed by atoms with van der Waals surface area (Å²) in [6.07, 6.45) is 2.40. The predicted molar refractivity (Wildman–Crippen MR) is 88.3 cm³/mol. The first-order chi connectivity index (χ1) is 10.0. The first-order valence-corrected chi connectivity index (χ1v) is 9.52.